The van der Waals surface area contributed by atoms with Gasteiger partial charge in [-0.3, -0.25) is 4.79 Å². The lowest BCUT2D eigenvalue weighted by molar-refractivity contribution is -0.119. The predicted octanol–water partition coefficient (Wildman–Crippen LogP) is 4.27. The molecular formula is C23H32N2O2. The fraction of sp³-hybridized carbons (Fsp3) is 0.696. The van der Waals surface area contributed by atoms with Crippen LogP contribution in [0.4, 0.5) is 5.69 Å². The third-order valence-corrected chi connectivity index (χ3v) is 8.22. The molecule has 5 rings (SSSR count). The number of hydrogen-bond acceptors (Lipinski definition) is 3. The van der Waals surface area contributed by atoms with Crippen LogP contribution in [0.25, 0.3) is 0 Å². The van der Waals surface area contributed by atoms with Crippen LogP contribution >= 0.6 is 0 Å². The zero-order chi connectivity index (χ0) is 18.6. The third kappa shape index (κ3) is 2.79. The molecule has 4 nitrogen and oxygen atoms in total. The van der Waals surface area contributed by atoms with Crippen LogP contribution in [0.1, 0.15) is 56.9 Å². The zero-order valence-corrected chi connectivity index (χ0v) is 16.4. The van der Waals surface area contributed by atoms with Gasteiger partial charge in [0.05, 0.1) is 6.61 Å². The van der Waals surface area contributed by atoms with Crippen LogP contribution in [0.15, 0.2) is 18.2 Å². The summed E-state index contributed by atoms with van der Waals surface area (Å²) in [5, 5.41) is 3.20. The van der Waals surface area contributed by atoms with Crippen LogP contribution in [0.5, 0.6) is 5.75 Å². The van der Waals surface area contributed by atoms with E-state index in [4.69, 9.17) is 10.5 Å². The number of amides is 1. The molecule has 0 saturated heterocycles. The molecule has 1 aromatic rings. The van der Waals surface area contributed by atoms with E-state index in [9.17, 15) is 4.79 Å². The Labute approximate surface area is 162 Å². The number of hydrogen-bond donors (Lipinski definition) is 2. The van der Waals surface area contributed by atoms with E-state index in [0.717, 1.165) is 41.2 Å². The summed E-state index contributed by atoms with van der Waals surface area (Å²) in [6.45, 7) is 3.28. The van der Waals surface area contributed by atoms with Gasteiger partial charge in [0.1, 0.15) is 5.75 Å². The van der Waals surface area contributed by atoms with Gasteiger partial charge in [-0.05, 0) is 98.6 Å². The highest BCUT2D eigenvalue weighted by Crippen LogP contribution is 2.79. The Morgan fingerprint density at radius 1 is 1.26 bits per heavy atom. The van der Waals surface area contributed by atoms with Crippen LogP contribution in [-0.4, -0.2) is 19.1 Å². The van der Waals surface area contributed by atoms with Crippen molar-refractivity contribution in [2.75, 3.05) is 18.5 Å². The maximum atomic E-state index is 13.0. The number of nitrogens with one attached hydrogen (secondary N) is 1. The average Bonchev–Trinajstić information content (AvgIpc) is 2.93. The second-order valence-corrected chi connectivity index (χ2v) is 9.95. The Bertz CT molecular complexity index is 759. The molecule has 0 heterocycles. The fourth-order valence-electron chi connectivity index (χ4n) is 7.38. The number of aryl methyl sites for hydroxylation is 1. The van der Waals surface area contributed by atoms with Crippen LogP contribution in [0, 0.1) is 35.5 Å². The van der Waals surface area contributed by atoms with E-state index < -0.39 is 0 Å². The molecule has 4 saturated carbocycles. The predicted molar refractivity (Wildman–Crippen MR) is 107 cm³/mol. The molecule has 4 heteroatoms. The van der Waals surface area contributed by atoms with Gasteiger partial charge >= 0.3 is 0 Å². The van der Waals surface area contributed by atoms with Gasteiger partial charge in [0.2, 0.25) is 5.91 Å². The minimum atomic E-state index is 0.188. The first-order chi connectivity index (χ1) is 13.0. The monoisotopic (exact) mass is 368 g/mol. The Morgan fingerprint density at radius 2 is 2.15 bits per heavy atom. The molecule has 0 aromatic heterocycles. The SMILES string of the molecule is Cc1ccc(OCCCN)cc1NC(=O)CC12CC3CC4CC(C1)C4(C3)C2. The second-order valence-electron chi connectivity index (χ2n) is 9.95. The van der Waals surface area contributed by atoms with Gasteiger partial charge < -0.3 is 15.8 Å². The number of carbonyl (C=O) groups excluding carboxylic acids is 1. The molecular weight excluding hydrogens is 336 g/mol. The van der Waals surface area contributed by atoms with Crippen LogP contribution in [-0.2, 0) is 4.79 Å². The lowest BCUT2D eigenvalue weighted by atomic mass is 9.55. The van der Waals surface area contributed by atoms with Crippen molar-refractivity contribution in [3.05, 3.63) is 23.8 Å². The lowest BCUT2D eigenvalue weighted by Crippen LogP contribution is -2.42. The van der Waals surface area contributed by atoms with Gasteiger partial charge in [0.15, 0.2) is 0 Å². The Balaban J connectivity index is 1.26. The molecule has 0 aliphatic heterocycles. The third-order valence-electron chi connectivity index (χ3n) is 8.22. The highest BCUT2D eigenvalue weighted by atomic mass is 16.5. The van der Waals surface area contributed by atoms with Crippen LogP contribution in [0.3, 0.4) is 0 Å². The summed E-state index contributed by atoms with van der Waals surface area (Å²) in [7, 11) is 0. The Kier molecular flexibility index (Phi) is 4.05. The molecule has 4 aliphatic rings. The van der Waals surface area contributed by atoms with Crippen molar-refractivity contribution in [2.24, 2.45) is 34.3 Å². The van der Waals surface area contributed by atoms with E-state index in [-0.39, 0.29) is 11.3 Å². The fourth-order valence-corrected chi connectivity index (χ4v) is 7.38. The van der Waals surface area contributed by atoms with Crippen molar-refractivity contribution in [3.63, 3.8) is 0 Å². The van der Waals surface area contributed by atoms with Crippen molar-refractivity contribution in [3.8, 4) is 5.75 Å². The summed E-state index contributed by atoms with van der Waals surface area (Å²) in [6.07, 6.45) is 9.80. The van der Waals surface area contributed by atoms with E-state index in [2.05, 4.69) is 5.32 Å². The van der Waals surface area contributed by atoms with Gasteiger partial charge in [-0.1, -0.05) is 6.07 Å². The van der Waals surface area contributed by atoms with Gasteiger partial charge in [-0.15, -0.1) is 0 Å². The van der Waals surface area contributed by atoms with E-state index in [0.29, 0.717) is 25.0 Å². The van der Waals surface area contributed by atoms with Gasteiger partial charge in [0, 0.05) is 18.2 Å². The Morgan fingerprint density at radius 3 is 3.00 bits per heavy atom. The molecule has 27 heavy (non-hydrogen) atoms. The Hall–Kier alpha value is -1.55. The first-order valence-corrected chi connectivity index (χ1v) is 10.8. The van der Waals surface area contributed by atoms with E-state index >= 15 is 0 Å². The summed E-state index contributed by atoms with van der Waals surface area (Å²) < 4.78 is 5.75. The second kappa shape index (κ2) is 6.23. The molecule has 4 fully saturated rings. The standard InChI is InChI=1S/C23H32N2O2/c1-15-3-4-19(27-6-2-5-24)9-20(15)25-21(26)13-22-10-16-7-17-8-18(12-22)23(17,11-16)14-22/h3-4,9,16-18H,2,5-8,10-14,24H2,1H3,(H,25,26). The summed E-state index contributed by atoms with van der Waals surface area (Å²) in [5.74, 6) is 3.80. The summed E-state index contributed by atoms with van der Waals surface area (Å²) in [5.41, 5.74) is 8.43. The van der Waals surface area contributed by atoms with E-state index in [1.165, 1.54) is 38.5 Å². The number of rotatable bonds is 7. The maximum absolute atomic E-state index is 13.0. The highest BCUT2D eigenvalue weighted by Gasteiger charge is 2.70. The van der Waals surface area contributed by atoms with Crippen molar-refractivity contribution < 1.29 is 9.53 Å². The molecule has 4 aliphatic carbocycles. The number of benzene rings is 1. The molecule has 3 N–H and O–H groups in total. The normalized spacial score (nSPS) is 37.8. The van der Waals surface area contributed by atoms with Crippen molar-refractivity contribution >= 4 is 11.6 Å². The lowest BCUT2D eigenvalue weighted by Gasteiger charge is -2.49. The smallest absolute Gasteiger partial charge is 0.224 e. The van der Waals surface area contributed by atoms with Crippen LogP contribution in [0.2, 0.25) is 0 Å². The summed E-state index contributed by atoms with van der Waals surface area (Å²) >= 11 is 0. The number of nitrogens with two attached hydrogens (primary N) is 1. The number of fused-ring (bicyclic) bond motifs is 2. The molecule has 5 unspecified atom stereocenters. The van der Waals surface area contributed by atoms with Crippen molar-refractivity contribution in [1.82, 2.24) is 0 Å². The molecule has 3 bridgehead atoms. The van der Waals surface area contributed by atoms with Gasteiger partial charge in [-0.25, -0.2) is 0 Å². The molecule has 1 aromatic carbocycles. The van der Waals surface area contributed by atoms with E-state index in [1.807, 2.05) is 25.1 Å². The average molecular weight is 369 g/mol. The minimum Gasteiger partial charge on any atom is -0.493 e. The van der Waals surface area contributed by atoms with Gasteiger partial charge in [-0.2, -0.15) is 0 Å². The van der Waals surface area contributed by atoms with Crippen LogP contribution < -0.4 is 15.8 Å². The quantitative estimate of drug-likeness (QED) is 0.707. The highest BCUT2D eigenvalue weighted by molar-refractivity contribution is 5.92. The summed E-state index contributed by atoms with van der Waals surface area (Å²) in [6, 6.07) is 5.94. The molecule has 1 spiro atoms. The molecule has 0 radical (unpaired) electrons. The molecule has 146 valence electrons. The first kappa shape index (κ1) is 17.5. The van der Waals surface area contributed by atoms with Crippen molar-refractivity contribution in [2.45, 2.75) is 58.3 Å². The zero-order valence-electron chi connectivity index (χ0n) is 16.4. The number of carbonyl (C=O) groups is 1. The topological polar surface area (TPSA) is 64.3 Å². The summed E-state index contributed by atoms with van der Waals surface area (Å²) in [4.78, 5) is 13.0. The first-order valence-electron chi connectivity index (χ1n) is 10.8. The largest absolute Gasteiger partial charge is 0.493 e. The number of anilines is 1. The molecule has 1 amide bonds. The van der Waals surface area contributed by atoms with Crippen molar-refractivity contribution in [1.29, 1.82) is 0 Å². The maximum Gasteiger partial charge on any atom is 0.224 e. The number of ether oxygens (including phenoxy) is 1. The molecule has 5 atom stereocenters. The minimum absolute atomic E-state index is 0.188. The van der Waals surface area contributed by atoms with Gasteiger partial charge in [0.25, 0.3) is 0 Å². The van der Waals surface area contributed by atoms with E-state index in [1.54, 1.807) is 0 Å².